The first-order chi connectivity index (χ1) is 9.00. The Hall–Kier alpha value is -2.14. The van der Waals surface area contributed by atoms with Gasteiger partial charge in [-0.3, -0.25) is 9.78 Å². The first kappa shape index (κ1) is 13.3. The molecule has 0 bridgehead atoms. The maximum Gasteiger partial charge on any atom is 0.259 e. The zero-order chi connectivity index (χ0) is 14.0. The molecule has 2 aromatic rings. The van der Waals surface area contributed by atoms with Crippen molar-refractivity contribution in [2.75, 3.05) is 17.7 Å². The first-order valence-corrected chi connectivity index (χ1v) is 5.81. The number of hydrogen-bond acceptors (Lipinski definition) is 3. The van der Waals surface area contributed by atoms with Crippen LogP contribution in [0.4, 0.5) is 15.8 Å². The van der Waals surface area contributed by atoms with Gasteiger partial charge in [0.05, 0.1) is 28.2 Å². The van der Waals surface area contributed by atoms with Gasteiger partial charge in [0.2, 0.25) is 0 Å². The molecule has 1 aromatic heterocycles. The van der Waals surface area contributed by atoms with E-state index in [9.17, 15) is 9.18 Å². The highest BCUT2D eigenvalue weighted by molar-refractivity contribution is 6.34. The summed E-state index contributed by atoms with van der Waals surface area (Å²) in [7, 11) is 1.56. The summed E-state index contributed by atoms with van der Waals surface area (Å²) in [6.45, 7) is 0. The molecule has 6 heteroatoms. The number of halogens is 2. The smallest absolute Gasteiger partial charge is 0.259 e. The van der Waals surface area contributed by atoms with E-state index in [0.717, 1.165) is 6.07 Å². The molecule has 1 amide bonds. The van der Waals surface area contributed by atoms with Crippen molar-refractivity contribution in [2.24, 2.45) is 0 Å². The highest BCUT2D eigenvalue weighted by Gasteiger charge is 2.18. The lowest BCUT2D eigenvalue weighted by Gasteiger charge is -2.19. The van der Waals surface area contributed by atoms with Gasteiger partial charge in [-0.1, -0.05) is 11.6 Å². The van der Waals surface area contributed by atoms with Crippen LogP contribution in [0.2, 0.25) is 5.02 Å². The van der Waals surface area contributed by atoms with Crippen LogP contribution in [0.1, 0.15) is 10.4 Å². The number of nitrogens with two attached hydrogens (primary N) is 1. The summed E-state index contributed by atoms with van der Waals surface area (Å²) in [4.78, 5) is 17.5. The van der Waals surface area contributed by atoms with Crippen LogP contribution in [0, 0.1) is 5.82 Å². The van der Waals surface area contributed by atoms with Crippen LogP contribution in [0.3, 0.4) is 0 Å². The number of carbonyl (C=O) groups is 1. The molecule has 0 aliphatic carbocycles. The summed E-state index contributed by atoms with van der Waals surface area (Å²) in [5.74, 6) is -0.865. The van der Waals surface area contributed by atoms with E-state index in [1.165, 1.54) is 29.4 Å². The Morgan fingerprint density at radius 1 is 1.42 bits per heavy atom. The standard InChI is InChI=1S/C13H11ClFN3O/c1-18(12-4-5-17-7-11(12)16)13(19)9-3-2-8(15)6-10(9)14/h2-7H,16H2,1H3. The van der Waals surface area contributed by atoms with Crippen molar-refractivity contribution in [1.82, 2.24) is 4.98 Å². The molecule has 0 aliphatic heterocycles. The highest BCUT2D eigenvalue weighted by atomic mass is 35.5. The number of amides is 1. The second kappa shape index (κ2) is 5.24. The zero-order valence-electron chi connectivity index (χ0n) is 10.1. The summed E-state index contributed by atoms with van der Waals surface area (Å²) in [6, 6.07) is 5.24. The molecule has 0 saturated heterocycles. The van der Waals surface area contributed by atoms with Gasteiger partial charge in [0.15, 0.2) is 0 Å². The fraction of sp³-hybridized carbons (Fsp3) is 0.0769. The van der Waals surface area contributed by atoms with Gasteiger partial charge in [-0.05, 0) is 24.3 Å². The largest absolute Gasteiger partial charge is 0.396 e. The van der Waals surface area contributed by atoms with Crippen molar-refractivity contribution in [1.29, 1.82) is 0 Å². The van der Waals surface area contributed by atoms with Crippen LogP contribution < -0.4 is 10.6 Å². The van der Waals surface area contributed by atoms with Gasteiger partial charge in [-0.15, -0.1) is 0 Å². The third kappa shape index (κ3) is 2.66. The molecule has 4 nitrogen and oxygen atoms in total. The third-order valence-corrected chi connectivity index (χ3v) is 2.97. The summed E-state index contributed by atoms with van der Waals surface area (Å²) in [6.07, 6.45) is 2.98. The lowest BCUT2D eigenvalue weighted by atomic mass is 10.2. The molecular formula is C13H11ClFN3O. The molecule has 0 unspecified atom stereocenters. The van der Waals surface area contributed by atoms with Crippen molar-refractivity contribution in [3.8, 4) is 0 Å². The van der Waals surface area contributed by atoms with Crippen LogP contribution in [-0.2, 0) is 0 Å². The highest BCUT2D eigenvalue weighted by Crippen LogP contribution is 2.24. The van der Waals surface area contributed by atoms with E-state index in [0.29, 0.717) is 11.4 Å². The molecular weight excluding hydrogens is 269 g/mol. The van der Waals surface area contributed by atoms with Crippen LogP contribution in [0.15, 0.2) is 36.7 Å². The van der Waals surface area contributed by atoms with E-state index in [4.69, 9.17) is 17.3 Å². The molecule has 2 rings (SSSR count). The number of carbonyl (C=O) groups excluding carboxylic acids is 1. The van der Waals surface area contributed by atoms with Gasteiger partial charge in [0.25, 0.3) is 5.91 Å². The SMILES string of the molecule is CN(C(=O)c1ccc(F)cc1Cl)c1ccncc1N. The van der Waals surface area contributed by atoms with Gasteiger partial charge >= 0.3 is 0 Å². The van der Waals surface area contributed by atoms with E-state index in [2.05, 4.69) is 4.98 Å². The van der Waals surface area contributed by atoms with Crippen molar-refractivity contribution in [2.45, 2.75) is 0 Å². The summed E-state index contributed by atoms with van der Waals surface area (Å²) in [5.41, 5.74) is 6.85. The van der Waals surface area contributed by atoms with Crippen molar-refractivity contribution in [3.63, 3.8) is 0 Å². The topological polar surface area (TPSA) is 59.2 Å². The van der Waals surface area contributed by atoms with Crippen molar-refractivity contribution < 1.29 is 9.18 Å². The average Bonchev–Trinajstić information content (AvgIpc) is 2.38. The van der Waals surface area contributed by atoms with E-state index in [1.54, 1.807) is 13.1 Å². The molecule has 19 heavy (non-hydrogen) atoms. The predicted molar refractivity (Wildman–Crippen MR) is 72.8 cm³/mol. The number of nitrogens with zero attached hydrogens (tertiary/aromatic N) is 2. The molecule has 0 aliphatic rings. The van der Waals surface area contributed by atoms with Gasteiger partial charge < -0.3 is 10.6 Å². The number of nitrogen functional groups attached to an aromatic ring is 1. The maximum absolute atomic E-state index is 13.0. The summed E-state index contributed by atoms with van der Waals surface area (Å²) in [5, 5.41) is 0.0597. The Morgan fingerprint density at radius 2 is 2.16 bits per heavy atom. The maximum atomic E-state index is 13.0. The molecule has 0 radical (unpaired) electrons. The Bertz CT molecular complexity index is 633. The fourth-order valence-electron chi connectivity index (χ4n) is 1.66. The minimum absolute atomic E-state index is 0.0597. The monoisotopic (exact) mass is 279 g/mol. The first-order valence-electron chi connectivity index (χ1n) is 5.43. The van der Waals surface area contributed by atoms with E-state index in [1.807, 2.05) is 0 Å². The number of aromatic nitrogens is 1. The number of rotatable bonds is 2. The molecule has 0 atom stereocenters. The van der Waals surface area contributed by atoms with Crippen LogP contribution in [0.25, 0.3) is 0 Å². The third-order valence-electron chi connectivity index (χ3n) is 2.66. The predicted octanol–water partition coefficient (Wildman–Crippen LogP) is 2.73. The molecule has 2 N–H and O–H groups in total. The van der Waals surface area contributed by atoms with E-state index in [-0.39, 0.29) is 16.5 Å². The Balaban J connectivity index is 2.37. The van der Waals surface area contributed by atoms with Gasteiger partial charge in [0, 0.05) is 13.2 Å². The average molecular weight is 280 g/mol. The van der Waals surface area contributed by atoms with E-state index >= 15 is 0 Å². The molecule has 0 saturated carbocycles. The molecule has 98 valence electrons. The van der Waals surface area contributed by atoms with Crippen molar-refractivity contribution >= 4 is 28.9 Å². The molecule has 1 heterocycles. The lowest BCUT2D eigenvalue weighted by molar-refractivity contribution is 0.0993. The van der Waals surface area contributed by atoms with Crippen LogP contribution in [0.5, 0.6) is 0 Å². The summed E-state index contributed by atoms with van der Waals surface area (Å²) < 4.78 is 13.0. The Morgan fingerprint density at radius 3 is 2.79 bits per heavy atom. The normalized spacial score (nSPS) is 10.3. The van der Waals surface area contributed by atoms with Gasteiger partial charge in [-0.25, -0.2) is 4.39 Å². The minimum atomic E-state index is -0.493. The quantitative estimate of drug-likeness (QED) is 0.919. The van der Waals surface area contributed by atoms with Crippen LogP contribution >= 0.6 is 11.6 Å². The second-order valence-corrected chi connectivity index (χ2v) is 4.33. The molecule has 1 aromatic carbocycles. The molecule has 0 fully saturated rings. The Labute approximate surface area is 114 Å². The van der Waals surface area contributed by atoms with Gasteiger partial charge in [-0.2, -0.15) is 0 Å². The fourth-order valence-corrected chi connectivity index (χ4v) is 1.91. The zero-order valence-corrected chi connectivity index (χ0v) is 10.9. The number of pyridine rings is 1. The van der Waals surface area contributed by atoms with E-state index < -0.39 is 5.82 Å². The van der Waals surface area contributed by atoms with Gasteiger partial charge in [0.1, 0.15) is 5.82 Å². The Kier molecular flexibility index (Phi) is 3.66. The molecule has 0 spiro atoms. The van der Waals surface area contributed by atoms with Crippen LogP contribution in [-0.4, -0.2) is 17.9 Å². The number of hydrogen-bond donors (Lipinski definition) is 1. The number of benzene rings is 1. The number of anilines is 2. The second-order valence-electron chi connectivity index (χ2n) is 3.92. The lowest BCUT2D eigenvalue weighted by Crippen LogP contribution is -2.27. The minimum Gasteiger partial charge on any atom is -0.396 e. The summed E-state index contributed by atoms with van der Waals surface area (Å²) >= 11 is 5.86. The van der Waals surface area contributed by atoms with Crippen molar-refractivity contribution in [3.05, 3.63) is 53.1 Å².